The lowest BCUT2D eigenvalue weighted by atomic mass is 9.97. The summed E-state index contributed by atoms with van der Waals surface area (Å²) < 4.78 is 1.22. The second-order valence-electron chi connectivity index (χ2n) is 5.19. The fourth-order valence-corrected chi connectivity index (χ4v) is 3.84. The van der Waals surface area contributed by atoms with E-state index in [1.165, 1.54) is 4.70 Å². The Hall–Kier alpha value is -1.94. The lowest BCUT2D eigenvalue weighted by Crippen LogP contribution is -2.21. The van der Waals surface area contributed by atoms with Crippen molar-refractivity contribution in [1.29, 1.82) is 0 Å². The third-order valence-electron chi connectivity index (χ3n) is 3.93. The Labute approximate surface area is 120 Å². The maximum Gasteiger partial charge on any atom is 0.254 e. The first-order valence-corrected chi connectivity index (χ1v) is 7.79. The Balaban J connectivity index is 1.94. The quantitative estimate of drug-likeness (QED) is 0.742. The molecule has 2 heterocycles. The van der Waals surface area contributed by atoms with E-state index in [-0.39, 0.29) is 5.56 Å². The molecule has 1 aliphatic carbocycles. The maximum atomic E-state index is 12.2. The van der Waals surface area contributed by atoms with Crippen LogP contribution in [-0.2, 0) is 12.8 Å². The fourth-order valence-electron chi connectivity index (χ4n) is 2.89. The fraction of sp³-hybridized carbons (Fsp3) is 0.250. The average Bonchev–Trinajstić information content (AvgIpc) is 2.91. The number of thiophene rings is 1. The summed E-state index contributed by atoms with van der Waals surface area (Å²) in [5, 5.41) is 3.24. The molecule has 0 radical (unpaired) electrons. The van der Waals surface area contributed by atoms with Gasteiger partial charge < -0.3 is 4.98 Å². The molecule has 1 N–H and O–H groups in total. The van der Waals surface area contributed by atoms with Crippen LogP contribution in [-0.4, -0.2) is 9.97 Å². The van der Waals surface area contributed by atoms with E-state index in [4.69, 9.17) is 4.98 Å². The van der Waals surface area contributed by atoms with E-state index in [0.29, 0.717) is 5.82 Å². The number of nitrogens with zero attached hydrogens (tertiary/aromatic N) is 1. The molecule has 4 heteroatoms. The number of hydrogen-bond acceptors (Lipinski definition) is 3. The first-order chi connectivity index (χ1) is 9.83. The van der Waals surface area contributed by atoms with Gasteiger partial charge in [-0.1, -0.05) is 18.2 Å². The van der Waals surface area contributed by atoms with Crippen molar-refractivity contribution in [2.45, 2.75) is 25.7 Å². The number of aryl methyl sites for hydroxylation is 1. The van der Waals surface area contributed by atoms with Gasteiger partial charge in [0.15, 0.2) is 0 Å². The second kappa shape index (κ2) is 4.56. The molecule has 0 amide bonds. The number of fused-ring (bicyclic) bond motifs is 2. The maximum absolute atomic E-state index is 12.2. The van der Waals surface area contributed by atoms with Crippen molar-refractivity contribution in [2.24, 2.45) is 0 Å². The molecule has 0 bridgehead atoms. The lowest BCUT2D eigenvalue weighted by Gasteiger charge is -2.14. The summed E-state index contributed by atoms with van der Waals surface area (Å²) in [6, 6.07) is 8.24. The van der Waals surface area contributed by atoms with Gasteiger partial charge in [-0.05, 0) is 31.7 Å². The van der Waals surface area contributed by atoms with E-state index in [2.05, 4.69) is 22.5 Å². The van der Waals surface area contributed by atoms with Gasteiger partial charge in [-0.15, -0.1) is 11.3 Å². The van der Waals surface area contributed by atoms with Crippen molar-refractivity contribution in [3.05, 3.63) is 51.3 Å². The molecule has 3 aromatic rings. The van der Waals surface area contributed by atoms with Gasteiger partial charge in [0.05, 0.1) is 5.69 Å². The van der Waals surface area contributed by atoms with Crippen molar-refractivity contribution >= 4 is 21.4 Å². The van der Waals surface area contributed by atoms with Crippen molar-refractivity contribution in [3.8, 4) is 11.4 Å². The summed E-state index contributed by atoms with van der Waals surface area (Å²) in [5.74, 6) is 0.716. The van der Waals surface area contributed by atoms with Crippen LogP contribution in [0.1, 0.15) is 24.1 Å². The second-order valence-corrected chi connectivity index (χ2v) is 6.10. The number of hydrogen-bond donors (Lipinski definition) is 1. The van der Waals surface area contributed by atoms with Crippen LogP contribution in [0.3, 0.4) is 0 Å². The van der Waals surface area contributed by atoms with Crippen LogP contribution in [0.15, 0.2) is 34.4 Å². The van der Waals surface area contributed by atoms with E-state index in [9.17, 15) is 4.79 Å². The van der Waals surface area contributed by atoms with E-state index in [0.717, 1.165) is 47.9 Å². The molecule has 0 spiro atoms. The Morgan fingerprint density at radius 2 is 2.00 bits per heavy atom. The van der Waals surface area contributed by atoms with Gasteiger partial charge in [-0.25, -0.2) is 4.98 Å². The largest absolute Gasteiger partial charge is 0.306 e. The van der Waals surface area contributed by atoms with Gasteiger partial charge in [0.25, 0.3) is 5.56 Å². The summed E-state index contributed by atoms with van der Waals surface area (Å²) in [4.78, 5) is 19.9. The zero-order valence-electron chi connectivity index (χ0n) is 11.0. The Morgan fingerprint density at radius 3 is 2.95 bits per heavy atom. The molecule has 1 aliphatic rings. The molecule has 4 rings (SSSR count). The van der Waals surface area contributed by atoms with Crippen molar-refractivity contribution in [1.82, 2.24) is 9.97 Å². The standard InChI is InChI=1S/C16H14N2OS/c19-16-11-6-1-3-7-13(11)17-15(18-16)12-9-20-14-8-4-2-5-10(12)14/h2,4-5,8-9H,1,3,6-7H2,(H,17,18,19). The van der Waals surface area contributed by atoms with Crippen LogP contribution in [0.2, 0.25) is 0 Å². The van der Waals surface area contributed by atoms with Crippen molar-refractivity contribution in [2.75, 3.05) is 0 Å². The van der Waals surface area contributed by atoms with Crippen LogP contribution < -0.4 is 5.56 Å². The minimum Gasteiger partial charge on any atom is -0.306 e. The van der Waals surface area contributed by atoms with Gasteiger partial charge in [0.2, 0.25) is 0 Å². The van der Waals surface area contributed by atoms with Crippen LogP contribution in [0.4, 0.5) is 0 Å². The first-order valence-electron chi connectivity index (χ1n) is 6.91. The number of nitrogens with one attached hydrogen (secondary N) is 1. The molecule has 0 saturated heterocycles. The Bertz CT molecular complexity index is 847. The summed E-state index contributed by atoms with van der Waals surface area (Å²) in [7, 11) is 0. The highest BCUT2D eigenvalue weighted by Crippen LogP contribution is 2.32. The number of rotatable bonds is 1. The van der Waals surface area contributed by atoms with E-state index in [1.54, 1.807) is 11.3 Å². The summed E-state index contributed by atoms with van der Waals surface area (Å²) in [6.07, 6.45) is 4.02. The van der Waals surface area contributed by atoms with E-state index >= 15 is 0 Å². The monoisotopic (exact) mass is 282 g/mol. The number of aromatic amines is 1. The molecular formula is C16H14N2OS. The minimum absolute atomic E-state index is 0.0416. The smallest absolute Gasteiger partial charge is 0.254 e. The SMILES string of the molecule is O=c1[nH]c(-c2csc3ccccc23)nc2c1CCCC2. The predicted molar refractivity (Wildman–Crippen MR) is 82.3 cm³/mol. The van der Waals surface area contributed by atoms with Crippen LogP contribution in [0.5, 0.6) is 0 Å². The molecule has 0 fully saturated rings. The molecule has 3 nitrogen and oxygen atoms in total. The molecule has 0 saturated carbocycles. The summed E-state index contributed by atoms with van der Waals surface area (Å²) in [6.45, 7) is 0. The zero-order valence-corrected chi connectivity index (χ0v) is 11.8. The molecule has 0 unspecified atom stereocenters. The highest BCUT2D eigenvalue weighted by atomic mass is 32.1. The van der Waals surface area contributed by atoms with Crippen LogP contribution in [0.25, 0.3) is 21.5 Å². The lowest BCUT2D eigenvalue weighted by molar-refractivity contribution is 0.657. The van der Waals surface area contributed by atoms with Gasteiger partial charge in [0, 0.05) is 26.6 Å². The normalized spacial score (nSPS) is 14.4. The highest BCUT2D eigenvalue weighted by molar-refractivity contribution is 7.17. The predicted octanol–water partition coefficient (Wildman–Crippen LogP) is 3.53. The first kappa shape index (κ1) is 11.9. The van der Waals surface area contributed by atoms with Gasteiger partial charge in [0.1, 0.15) is 5.82 Å². The molecule has 2 aromatic heterocycles. The molecule has 1 aromatic carbocycles. The van der Waals surface area contributed by atoms with E-state index < -0.39 is 0 Å². The number of benzene rings is 1. The molecule has 20 heavy (non-hydrogen) atoms. The van der Waals surface area contributed by atoms with Gasteiger partial charge in [-0.3, -0.25) is 4.79 Å². The molecule has 0 aliphatic heterocycles. The molecule has 100 valence electrons. The third kappa shape index (κ3) is 1.79. The van der Waals surface area contributed by atoms with Gasteiger partial charge in [-0.2, -0.15) is 0 Å². The van der Waals surface area contributed by atoms with E-state index in [1.807, 2.05) is 12.1 Å². The van der Waals surface area contributed by atoms with Gasteiger partial charge >= 0.3 is 0 Å². The molecule has 0 atom stereocenters. The third-order valence-corrected chi connectivity index (χ3v) is 4.89. The van der Waals surface area contributed by atoms with Crippen LogP contribution >= 0.6 is 11.3 Å². The number of H-pyrrole nitrogens is 1. The Morgan fingerprint density at radius 1 is 1.15 bits per heavy atom. The number of aromatic nitrogens is 2. The zero-order chi connectivity index (χ0) is 13.5. The molecular weight excluding hydrogens is 268 g/mol. The summed E-state index contributed by atoms with van der Waals surface area (Å²) >= 11 is 1.69. The highest BCUT2D eigenvalue weighted by Gasteiger charge is 2.17. The minimum atomic E-state index is 0.0416. The topological polar surface area (TPSA) is 45.8 Å². The summed E-state index contributed by atoms with van der Waals surface area (Å²) in [5.41, 5.74) is 2.96. The van der Waals surface area contributed by atoms with Crippen LogP contribution in [0, 0.1) is 0 Å². The van der Waals surface area contributed by atoms with Crippen molar-refractivity contribution < 1.29 is 0 Å². The van der Waals surface area contributed by atoms with Crippen molar-refractivity contribution in [3.63, 3.8) is 0 Å². The Kier molecular flexibility index (Phi) is 2.70. The average molecular weight is 282 g/mol.